The molecule has 1 aliphatic rings. The monoisotopic (exact) mass is 219 g/mol. The Balaban J connectivity index is 1.94. The summed E-state index contributed by atoms with van der Waals surface area (Å²) in [5.74, 6) is 0.942. The second-order valence-electron chi connectivity index (χ2n) is 4.50. The zero-order valence-corrected chi connectivity index (χ0v) is 10.2. The molecule has 0 bridgehead atoms. The molecule has 1 saturated carbocycles. The van der Waals surface area contributed by atoms with Crippen LogP contribution in [0.1, 0.15) is 31.7 Å². The highest BCUT2D eigenvalue weighted by Gasteiger charge is 2.28. The third-order valence-corrected chi connectivity index (χ3v) is 3.04. The van der Waals surface area contributed by atoms with Crippen LogP contribution in [0.25, 0.3) is 0 Å². The first-order chi connectivity index (χ1) is 7.83. The molecule has 0 aliphatic heterocycles. The predicted molar refractivity (Wildman–Crippen MR) is 67.5 cm³/mol. The Morgan fingerprint density at radius 3 is 2.75 bits per heavy atom. The van der Waals surface area contributed by atoms with Crippen molar-refractivity contribution in [3.05, 3.63) is 23.9 Å². The molecular weight excluding hydrogens is 198 g/mol. The van der Waals surface area contributed by atoms with Crippen molar-refractivity contribution in [2.75, 3.05) is 18.9 Å². The number of nitrogens with zero attached hydrogens (tertiary/aromatic N) is 2. The number of rotatable bonds is 6. The maximum Gasteiger partial charge on any atom is 0.125 e. The molecule has 88 valence electrons. The maximum atomic E-state index is 4.35. The summed E-state index contributed by atoms with van der Waals surface area (Å²) in [6, 6.07) is 5.06. The van der Waals surface area contributed by atoms with Gasteiger partial charge < -0.3 is 5.32 Å². The zero-order chi connectivity index (χ0) is 11.4. The van der Waals surface area contributed by atoms with Gasteiger partial charge >= 0.3 is 0 Å². The minimum Gasteiger partial charge on any atom is -0.373 e. The molecule has 16 heavy (non-hydrogen) atoms. The van der Waals surface area contributed by atoms with Gasteiger partial charge in [0.25, 0.3) is 0 Å². The molecule has 0 amide bonds. The van der Waals surface area contributed by atoms with E-state index in [1.165, 1.54) is 31.4 Å². The molecule has 1 aliphatic carbocycles. The summed E-state index contributed by atoms with van der Waals surface area (Å²) in [5.41, 5.74) is 1.32. The van der Waals surface area contributed by atoms with E-state index in [9.17, 15) is 0 Å². The van der Waals surface area contributed by atoms with Crippen molar-refractivity contribution in [1.82, 2.24) is 9.88 Å². The topological polar surface area (TPSA) is 28.2 Å². The van der Waals surface area contributed by atoms with Gasteiger partial charge in [-0.3, -0.25) is 4.90 Å². The number of nitrogens with one attached hydrogen (secondary N) is 1. The highest BCUT2D eigenvalue weighted by Crippen LogP contribution is 2.28. The first kappa shape index (κ1) is 11.4. The minimum atomic E-state index is 0.837. The number of pyridine rings is 1. The van der Waals surface area contributed by atoms with E-state index in [-0.39, 0.29) is 0 Å². The van der Waals surface area contributed by atoms with Gasteiger partial charge in [-0.1, -0.05) is 13.0 Å². The Morgan fingerprint density at radius 2 is 2.25 bits per heavy atom. The summed E-state index contributed by atoms with van der Waals surface area (Å²) < 4.78 is 0. The van der Waals surface area contributed by atoms with Crippen LogP contribution in [0.4, 0.5) is 5.82 Å². The molecule has 0 unspecified atom stereocenters. The van der Waals surface area contributed by atoms with Crippen LogP contribution in [0.3, 0.4) is 0 Å². The summed E-state index contributed by atoms with van der Waals surface area (Å²) in [7, 11) is 1.90. The van der Waals surface area contributed by atoms with E-state index in [0.29, 0.717) is 0 Å². The van der Waals surface area contributed by atoms with Crippen molar-refractivity contribution >= 4 is 5.82 Å². The van der Waals surface area contributed by atoms with Crippen LogP contribution in [-0.4, -0.2) is 29.5 Å². The van der Waals surface area contributed by atoms with E-state index in [4.69, 9.17) is 0 Å². The normalized spacial score (nSPS) is 15.4. The van der Waals surface area contributed by atoms with Crippen LogP contribution >= 0.6 is 0 Å². The summed E-state index contributed by atoms with van der Waals surface area (Å²) in [4.78, 5) is 6.93. The van der Waals surface area contributed by atoms with Gasteiger partial charge in [0.15, 0.2) is 0 Å². The zero-order valence-electron chi connectivity index (χ0n) is 10.2. The molecule has 0 spiro atoms. The van der Waals surface area contributed by atoms with Crippen molar-refractivity contribution in [2.24, 2.45) is 0 Å². The second kappa shape index (κ2) is 5.30. The molecule has 3 nitrogen and oxygen atoms in total. The summed E-state index contributed by atoms with van der Waals surface area (Å²) in [5, 5.41) is 3.04. The van der Waals surface area contributed by atoms with Gasteiger partial charge in [-0.05, 0) is 37.4 Å². The number of hydrogen-bond acceptors (Lipinski definition) is 3. The van der Waals surface area contributed by atoms with E-state index >= 15 is 0 Å². The number of aromatic nitrogens is 1. The Morgan fingerprint density at radius 1 is 1.44 bits per heavy atom. The first-order valence-electron chi connectivity index (χ1n) is 6.20. The third kappa shape index (κ3) is 2.95. The molecule has 1 aromatic rings. The van der Waals surface area contributed by atoms with Crippen molar-refractivity contribution in [3.63, 3.8) is 0 Å². The molecule has 1 fully saturated rings. The molecule has 0 atom stereocenters. The van der Waals surface area contributed by atoms with Crippen LogP contribution in [0, 0.1) is 0 Å². The van der Waals surface area contributed by atoms with E-state index in [0.717, 1.165) is 18.4 Å². The smallest absolute Gasteiger partial charge is 0.125 e. The number of hydrogen-bond donors (Lipinski definition) is 1. The summed E-state index contributed by atoms with van der Waals surface area (Å²) in [6.45, 7) is 4.51. The van der Waals surface area contributed by atoms with Crippen molar-refractivity contribution in [1.29, 1.82) is 0 Å². The molecule has 2 rings (SSSR count). The van der Waals surface area contributed by atoms with Crippen molar-refractivity contribution in [2.45, 2.75) is 38.8 Å². The van der Waals surface area contributed by atoms with Crippen LogP contribution in [0.15, 0.2) is 18.3 Å². The van der Waals surface area contributed by atoms with Gasteiger partial charge in [-0.25, -0.2) is 4.98 Å². The highest BCUT2D eigenvalue weighted by atomic mass is 15.2. The molecule has 1 heterocycles. The van der Waals surface area contributed by atoms with Gasteiger partial charge in [-0.15, -0.1) is 0 Å². The van der Waals surface area contributed by atoms with E-state index in [2.05, 4.69) is 28.2 Å². The Labute approximate surface area is 97.9 Å². The third-order valence-electron chi connectivity index (χ3n) is 3.04. The van der Waals surface area contributed by atoms with Crippen molar-refractivity contribution in [3.8, 4) is 0 Å². The standard InChI is InChI=1S/C13H21N3/c1-3-8-16(12-5-6-12)10-11-4-7-13(14-2)15-9-11/h4,7,9,12H,3,5-6,8,10H2,1-2H3,(H,14,15). The molecule has 0 saturated heterocycles. The lowest BCUT2D eigenvalue weighted by Crippen LogP contribution is -2.26. The lowest BCUT2D eigenvalue weighted by atomic mass is 10.2. The first-order valence-corrected chi connectivity index (χ1v) is 6.20. The predicted octanol–water partition coefficient (Wildman–Crippen LogP) is 2.50. The van der Waals surface area contributed by atoms with Gasteiger partial charge in [0, 0.05) is 25.8 Å². The molecule has 0 radical (unpaired) electrons. The largest absolute Gasteiger partial charge is 0.373 e. The lowest BCUT2D eigenvalue weighted by molar-refractivity contribution is 0.255. The SMILES string of the molecule is CCCN(Cc1ccc(NC)nc1)C1CC1. The average molecular weight is 219 g/mol. The number of anilines is 1. The lowest BCUT2D eigenvalue weighted by Gasteiger charge is -2.21. The van der Waals surface area contributed by atoms with Crippen LogP contribution < -0.4 is 5.32 Å². The fraction of sp³-hybridized carbons (Fsp3) is 0.615. The van der Waals surface area contributed by atoms with E-state index in [1.54, 1.807) is 0 Å². The maximum absolute atomic E-state index is 4.35. The van der Waals surface area contributed by atoms with Crippen LogP contribution in [-0.2, 0) is 6.54 Å². The summed E-state index contributed by atoms with van der Waals surface area (Å²) >= 11 is 0. The summed E-state index contributed by atoms with van der Waals surface area (Å²) in [6.07, 6.45) is 5.97. The van der Waals surface area contributed by atoms with Gasteiger partial charge in [0.2, 0.25) is 0 Å². The fourth-order valence-corrected chi connectivity index (χ4v) is 2.02. The minimum absolute atomic E-state index is 0.837. The van der Waals surface area contributed by atoms with Gasteiger partial charge in [-0.2, -0.15) is 0 Å². The van der Waals surface area contributed by atoms with Crippen LogP contribution in [0.5, 0.6) is 0 Å². The molecule has 3 heteroatoms. The van der Waals surface area contributed by atoms with E-state index < -0.39 is 0 Å². The molecular formula is C13H21N3. The van der Waals surface area contributed by atoms with Gasteiger partial charge in [0.05, 0.1) is 0 Å². The van der Waals surface area contributed by atoms with Crippen molar-refractivity contribution < 1.29 is 0 Å². The quantitative estimate of drug-likeness (QED) is 0.796. The Kier molecular flexibility index (Phi) is 3.78. The molecule has 1 aromatic heterocycles. The Bertz CT molecular complexity index is 316. The van der Waals surface area contributed by atoms with Crippen LogP contribution in [0.2, 0.25) is 0 Å². The fourth-order valence-electron chi connectivity index (χ4n) is 2.02. The highest BCUT2D eigenvalue weighted by molar-refractivity contribution is 5.34. The average Bonchev–Trinajstić information content (AvgIpc) is 3.13. The molecule has 1 N–H and O–H groups in total. The van der Waals surface area contributed by atoms with E-state index in [1.807, 2.05) is 19.3 Å². The van der Waals surface area contributed by atoms with Gasteiger partial charge in [0.1, 0.15) is 5.82 Å². The Hall–Kier alpha value is -1.09. The second-order valence-corrected chi connectivity index (χ2v) is 4.50. The molecule has 0 aromatic carbocycles.